The standard InChI is InChI=1S/C23H25ClN2O3/c24-21-8-2-1-7-20(21)23(28)26-15-5-6-18(26)16-29-19-11-9-17(10-12-19)22(27)25-13-3-4-14-25/h1-2,7-12,18H,3-6,13-16H2/t18-/m1/s1. The van der Waals surface area contributed by atoms with Gasteiger partial charge in [0.15, 0.2) is 0 Å². The molecule has 0 bridgehead atoms. The van der Waals surface area contributed by atoms with E-state index in [4.69, 9.17) is 16.3 Å². The molecule has 2 fully saturated rings. The fraction of sp³-hybridized carbons (Fsp3) is 0.391. The summed E-state index contributed by atoms with van der Waals surface area (Å²) < 4.78 is 5.94. The zero-order chi connectivity index (χ0) is 20.2. The van der Waals surface area contributed by atoms with Gasteiger partial charge in [0.1, 0.15) is 12.4 Å². The number of carbonyl (C=O) groups is 2. The molecule has 0 aromatic heterocycles. The van der Waals surface area contributed by atoms with Crippen LogP contribution < -0.4 is 4.74 Å². The predicted octanol–water partition coefficient (Wildman–Crippen LogP) is 4.26. The van der Waals surface area contributed by atoms with Crippen LogP contribution in [0.5, 0.6) is 5.75 Å². The number of nitrogens with zero attached hydrogens (tertiary/aromatic N) is 2. The molecule has 152 valence electrons. The lowest BCUT2D eigenvalue weighted by molar-refractivity contribution is 0.0691. The number of rotatable bonds is 5. The lowest BCUT2D eigenvalue weighted by Crippen LogP contribution is -2.39. The van der Waals surface area contributed by atoms with Crippen molar-refractivity contribution in [3.05, 3.63) is 64.7 Å². The van der Waals surface area contributed by atoms with E-state index in [2.05, 4.69) is 0 Å². The highest BCUT2D eigenvalue weighted by atomic mass is 35.5. The molecular formula is C23H25ClN2O3. The van der Waals surface area contributed by atoms with Gasteiger partial charge in [0, 0.05) is 25.2 Å². The van der Waals surface area contributed by atoms with Crippen molar-refractivity contribution in [3.63, 3.8) is 0 Å². The highest BCUT2D eigenvalue weighted by molar-refractivity contribution is 6.33. The Morgan fingerprint density at radius 1 is 0.931 bits per heavy atom. The highest BCUT2D eigenvalue weighted by Crippen LogP contribution is 2.25. The third kappa shape index (κ3) is 4.40. The first kappa shape index (κ1) is 19.8. The summed E-state index contributed by atoms with van der Waals surface area (Å²) in [5.74, 6) is 0.745. The maximum absolute atomic E-state index is 12.9. The number of hydrogen-bond acceptors (Lipinski definition) is 3. The molecule has 2 amide bonds. The second kappa shape index (κ2) is 8.87. The molecule has 0 aliphatic carbocycles. The first-order valence-corrected chi connectivity index (χ1v) is 10.6. The van der Waals surface area contributed by atoms with Crippen molar-refractivity contribution in [2.45, 2.75) is 31.7 Å². The Kier molecular flexibility index (Phi) is 6.05. The van der Waals surface area contributed by atoms with Crippen LogP contribution in [0.3, 0.4) is 0 Å². The molecule has 0 saturated carbocycles. The first-order valence-electron chi connectivity index (χ1n) is 10.2. The van der Waals surface area contributed by atoms with E-state index in [1.54, 1.807) is 12.1 Å². The van der Waals surface area contributed by atoms with E-state index in [0.717, 1.165) is 38.8 Å². The van der Waals surface area contributed by atoms with Crippen LogP contribution >= 0.6 is 11.6 Å². The van der Waals surface area contributed by atoms with Gasteiger partial charge in [-0.3, -0.25) is 9.59 Å². The van der Waals surface area contributed by atoms with Crippen LogP contribution in [-0.2, 0) is 0 Å². The molecular weight excluding hydrogens is 388 g/mol. The van der Waals surface area contributed by atoms with E-state index >= 15 is 0 Å². The molecule has 2 heterocycles. The fourth-order valence-electron chi connectivity index (χ4n) is 4.05. The molecule has 2 aromatic carbocycles. The van der Waals surface area contributed by atoms with Crippen molar-refractivity contribution >= 4 is 23.4 Å². The minimum absolute atomic E-state index is 0.0182. The molecule has 0 radical (unpaired) electrons. The summed E-state index contributed by atoms with van der Waals surface area (Å²) in [4.78, 5) is 29.1. The van der Waals surface area contributed by atoms with Crippen molar-refractivity contribution in [2.75, 3.05) is 26.2 Å². The second-order valence-electron chi connectivity index (χ2n) is 7.61. The third-order valence-electron chi connectivity index (χ3n) is 5.68. The van der Waals surface area contributed by atoms with Gasteiger partial charge in [-0.1, -0.05) is 23.7 Å². The zero-order valence-corrected chi connectivity index (χ0v) is 17.1. The number of benzene rings is 2. The quantitative estimate of drug-likeness (QED) is 0.737. The summed E-state index contributed by atoms with van der Waals surface area (Å²) in [5.41, 5.74) is 1.22. The number of ether oxygens (including phenoxy) is 1. The van der Waals surface area contributed by atoms with Gasteiger partial charge in [0.2, 0.25) is 0 Å². The van der Waals surface area contributed by atoms with Crippen LogP contribution in [0.2, 0.25) is 5.02 Å². The van der Waals surface area contributed by atoms with Crippen molar-refractivity contribution in [1.29, 1.82) is 0 Å². The molecule has 2 aliphatic rings. The number of carbonyl (C=O) groups excluding carboxylic acids is 2. The summed E-state index contributed by atoms with van der Waals surface area (Å²) in [7, 11) is 0. The maximum atomic E-state index is 12.9. The molecule has 2 aromatic rings. The van der Waals surface area contributed by atoms with Gasteiger partial charge in [-0.15, -0.1) is 0 Å². The second-order valence-corrected chi connectivity index (χ2v) is 8.02. The zero-order valence-electron chi connectivity index (χ0n) is 16.4. The monoisotopic (exact) mass is 412 g/mol. The van der Waals surface area contributed by atoms with Gasteiger partial charge in [0.25, 0.3) is 11.8 Å². The molecule has 2 aliphatic heterocycles. The van der Waals surface area contributed by atoms with Gasteiger partial charge in [-0.2, -0.15) is 0 Å². The SMILES string of the molecule is O=C(c1ccc(OC[C@H]2CCCN2C(=O)c2ccccc2Cl)cc1)N1CCCC1. The van der Waals surface area contributed by atoms with Gasteiger partial charge < -0.3 is 14.5 Å². The van der Waals surface area contributed by atoms with Crippen LogP contribution in [0.25, 0.3) is 0 Å². The van der Waals surface area contributed by atoms with E-state index in [-0.39, 0.29) is 17.9 Å². The van der Waals surface area contributed by atoms with Crippen LogP contribution in [0.1, 0.15) is 46.4 Å². The Balaban J connectivity index is 1.36. The van der Waals surface area contributed by atoms with Gasteiger partial charge in [-0.05, 0) is 62.1 Å². The van der Waals surface area contributed by atoms with E-state index in [1.165, 1.54) is 0 Å². The Hall–Kier alpha value is -2.53. The molecule has 5 nitrogen and oxygen atoms in total. The smallest absolute Gasteiger partial charge is 0.255 e. The number of halogens is 1. The fourth-order valence-corrected chi connectivity index (χ4v) is 4.27. The minimum Gasteiger partial charge on any atom is -0.491 e. The average molecular weight is 413 g/mol. The molecule has 4 rings (SSSR count). The minimum atomic E-state index is -0.0479. The summed E-state index contributed by atoms with van der Waals surface area (Å²) >= 11 is 6.20. The number of hydrogen-bond donors (Lipinski definition) is 0. The van der Waals surface area contributed by atoms with E-state index in [0.29, 0.717) is 35.1 Å². The van der Waals surface area contributed by atoms with Crippen LogP contribution in [-0.4, -0.2) is 53.9 Å². The van der Waals surface area contributed by atoms with Crippen molar-refractivity contribution in [2.24, 2.45) is 0 Å². The van der Waals surface area contributed by atoms with Crippen LogP contribution in [0.4, 0.5) is 0 Å². The topological polar surface area (TPSA) is 49.9 Å². The largest absolute Gasteiger partial charge is 0.491 e. The first-order chi connectivity index (χ1) is 14.1. The Morgan fingerprint density at radius 3 is 2.38 bits per heavy atom. The van der Waals surface area contributed by atoms with E-state index in [9.17, 15) is 9.59 Å². The molecule has 1 atom stereocenters. The van der Waals surface area contributed by atoms with E-state index < -0.39 is 0 Å². The Bertz CT molecular complexity index is 878. The summed E-state index contributed by atoms with van der Waals surface area (Å²) in [5, 5.41) is 0.474. The third-order valence-corrected chi connectivity index (χ3v) is 6.01. The lowest BCUT2D eigenvalue weighted by atomic mass is 10.1. The molecule has 0 unspecified atom stereocenters. The van der Waals surface area contributed by atoms with Crippen molar-refractivity contribution < 1.29 is 14.3 Å². The molecule has 0 spiro atoms. The average Bonchev–Trinajstić information content (AvgIpc) is 3.44. The van der Waals surface area contributed by atoms with Crippen molar-refractivity contribution in [1.82, 2.24) is 9.80 Å². The van der Waals surface area contributed by atoms with Crippen LogP contribution in [0, 0.1) is 0 Å². The Labute approximate surface area is 176 Å². The summed E-state index contributed by atoms with van der Waals surface area (Å²) in [6.07, 6.45) is 4.02. The number of likely N-dealkylation sites (tertiary alicyclic amines) is 2. The summed E-state index contributed by atoms with van der Waals surface area (Å²) in [6.45, 7) is 2.82. The molecule has 0 N–H and O–H groups in total. The van der Waals surface area contributed by atoms with Gasteiger partial charge in [-0.25, -0.2) is 0 Å². The lowest BCUT2D eigenvalue weighted by Gasteiger charge is -2.25. The Morgan fingerprint density at radius 2 is 1.66 bits per heavy atom. The van der Waals surface area contributed by atoms with E-state index in [1.807, 2.05) is 46.2 Å². The highest BCUT2D eigenvalue weighted by Gasteiger charge is 2.30. The number of amides is 2. The van der Waals surface area contributed by atoms with Gasteiger partial charge in [0.05, 0.1) is 16.6 Å². The van der Waals surface area contributed by atoms with Crippen LogP contribution in [0.15, 0.2) is 48.5 Å². The maximum Gasteiger partial charge on any atom is 0.255 e. The van der Waals surface area contributed by atoms with Gasteiger partial charge >= 0.3 is 0 Å². The molecule has 29 heavy (non-hydrogen) atoms. The molecule has 6 heteroatoms. The van der Waals surface area contributed by atoms with Crippen molar-refractivity contribution in [3.8, 4) is 5.75 Å². The normalized spacial score (nSPS) is 18.9. The molecule has 2 saturated heterocycles. The summed E-state index contributed by atoms with van der Waals surface area (Å²) in [6, 6.07) is 14.5. The predicted molar refractivity (Wildman–Crippen MR) is 113 cm³/mol.